The third-order valence-corrected chi connectivity index (χ3v) is 2.87. The summed E-state index contributed by atoms with van der Waals surface area (Å²) in [5.41, 5.74) is 0.698. The van der Waals surface area contributed by atoms with Gasteiger partial charge in [0.05, 0.1) is 6.20 Å². The van der Waals surface area contributed by atoms with Crippen LogP contribution in [0.2, 0.25) is 0 Å². The normalized spacial score (nSPS) is 11.5. The standard InChI is InChI=1S/C9H6ClNO3S/c10-15(12,13)8-6-11-9(14-8)7-4-2-1-3-5-7/h1-6H. The first kappa shape index (κ1) is 10.2. The minimum absolute atomic E-state index is 0.231. The largest absolute Gasteiger partial charge is 0.423 e. The highest BCUT2D eigenvalue weighted by Crippen LogP contribution is 2.22. The summed E-state index contributed by atoms with van der Waals surface area (Å²) >= 11 is 0. The predicted molar refractivity (Wildman–Crippen MR) is 55.0 cm³/mol. The van der Waals surface area contributed by atoms with Crippen molar-refractivity contribution in [2.75, 3.05) is 0 Å². The molecule has 1 heterocycles. The van der Waals surface area contributed by atoms with Gasteiger partial charge in [0.25, 0.3) is 14.1 Å². The molecule has 0 aliphatic carbocycles. The Labute approximate surface area is 90.9 Å². The molecule has 0 atom stereocenters. The van der Waals surface area contributed by atoms with Gasteiger partial charge in [0.15, 0.2) is 0 Å². The highest BCUT2D eigenvalue weighted by atomic mass is 35.7. The zero-order valence-corrected chi connectivity index (χ0v) is 8.99. The SMILES string of the molecule is O=S(=O)(Cl)c1cnc(-c2ccccc2)o1. The lowest BCUT2D eigenvalue weighted by Gasteiger charge is -1.92. The average molecular weight is 244 g/mol. The topological polar surface area (TPSA) is 60.2 Å². The van der Waals surface area contributed by atoms with E-state index in [4.69, 9.17) is 15.1 Å². The number of oxazole rings is 1. The molecule has 0 bridgehead atoms. The lowest BCUT2D eigenvalue weighted by Crippen LogP contribution is -1.85. The summed E-state index contributed by atoms with van der Waals surface area (Å²) in [5, 5.41) is -0.344. The number of halogens is 1. The quantitative estimate of drug-likeness (QED) is 0.759. The summed E-state index contributed by atoms with van der Waals surface area (Å²) in [5.74, 6) is 0.231. The summed E-state index contributed by atoms with van der Waals surface area (Å²) in [4.78, 5) is 3.82. The zero-order chi connectivity index (χ0) is 10.9. The smallest absolute Gasteiger partial charge is 0.296 e. The van der Waals surface area contributed by atoms with Crippen LogP contribution in [-0.4, -0.2) is 13.4 Å². The fourth-order valence-electron chi connectivity index (χ4n) is 1.09. The molecule has 0 saturated carbocycles. The Morgan fingerprint density at radius 1 is 1.20 bits per heavy atom. The van der Waals surface area contributed by atoms with Crippen molar-refractivity contribution in [2.45, 2.75) is 5.09 Å². The number of hydrogen-bond donors (Lipinski definition) is 0. The molecule has 15 heavy (non-hydrogen) atoms. The summed E-state index contributed by atoms with van der Waals surface area (Å²) in [7, 11) is 1.25. The van der Waals surface area contributed by atoms with Crippen molar-refractivity contribution in [3.63, 3.8) is 0 Å². The molecule has 0 amide bonds. The van der Waals surface area contributed by atoms with Gasteiger partial charge in [-0.1, -0.05) is 18.2 Å². The lowest BCUT2D eigenvalue weighted by molar-refractivity contribution is 0.464. The second-order valence-electron chi connectivity index (χ2n) is 2.79. The Morgan fingerprint density at radius 3 is 2.40 bits per heavy atom. The molecule has 0 N–H and O–H groups in total. The van der Waals surface area contributed by atoms with E-state index in [1.54, 1.807) is 24.3 Å². The zero-order valence-electron chi connectivity index (χ0n) is 7.42. The first-order valence-electron chi connectivity index (χ1n) is 4.03. The molecule has 78 valence electrons. The molecule has 0 spiro atoms. The fraction of sp³-hybridized carbons (Fsp3) is 0. The summed E-state index contributed by atoms with van der Waals surface area (Å²) < 4.78 is 26.8. The van der Waals surface area contributed by atoms with E-state index >= 15 is 0 Å². The molecule has 1 aromatic heterocycles. The van der Waals surface area contributed by atoms with Gasteiger partial charge in [-0.25, -0.2) is 13.4 Å². The molecular formula is C9H6ClNO3S. The molecule has 0 fully saturated rings. The van der Waals surface area contributed by atoms with Gasteiger partial charge in [-0.15, -0.1) is 0 Å². The minimum Gasteiger partial charge on any atom is -0.423 e. The van der Waals surface area contributed by atoms with Gasteiger partial charge >= 0.3 is 0 Å². The maximum atomic E-state index is 10.9. The van der Waals surface area contributed by atoms with E-state index in [-0.39, 0.29) is 11.0 Å². The number of hydrogen-bond acceptors (Lipinski definition) is 4. The highest BCUT2D eigenvalue weighted by Gasteiger charge is 2.16. The monoisotopic (exact) mass is 243 g/mol. The second kappa shape index (κ2) is 3.67. The molecule has 6 heteroatoms. The van der Waals surface area contributed by atoms with Crippen LogP contribution in [0.15, 0.2) is 46.0 Å². The number of nitrogens with zero attached hydrogens (tertiary/aromatic N) is 1. The lowest BCUT2D eigenvalue weighted by atomic mass is 10.2. The molecule has 2 rings (SSSR count). The number of rotatable bonds is 2. The van der Waals surface area contributed by atoms with Gasteiger partial charge in [0.1, 0.15) is 0 Å². The van der Waals surface area contributed by atoms with Crippen LogP contribution in [0.4, 0.5) is 0 Å². The maximum absolute atomic E-state index is 10.9. The van der Waals surface area contributed by atoms with Crippen LogP contribution >= 0.6 is 10.7 Å². The van der Waals surface area contributed by atoms with Crippen molar-refractivity contribution in [2.24, 2.45) is 0 Å². The molecule has 0 aliphatic rings. The molecule has 0 saturated heterocycles. The molecule has 0 radical (unpaired) electrons. The van der Waals surface area contributed by atoms with Gasteiger partial charge < -0.3 is 4.42 Å². The third-order valence-electron chi connectivity index (χ3n) is 1.75. The van der Waals surface area contributed by atoms with Crippen molar-refractivity contribution in [1.82, 2.24) is 4.98 Å². The Bertz CT molecular complexity index is 562. The Morgan fingerprint density at radius 2 is 1.87 bits per heavy atom. The Balaban J connectivity index is 2.46. The maximum Gasteiger partial charge on any atom is 0.296 e. The Kier molecular flexibility index (Phi) is 2.50. The van der Waals surface area contributed by atoms with E-state index in [2.05, 4.69) is 4.98 Å². The van der Waals surface area contributed by atoms with E-state index in [0.29, 0.717) is 5.56 Å². The van der Waals surface area contributed by atoms with Crippen LogP contribution in [0.1, 0.15) is 0 Å². The van der Waals surface area contributed by atoms with Crippen molar-refractivity contribution in [3.05, 3.63) is 36.5 Å². The number of aromatic nitrogens is 1. The van der Waals surface area contributed by atoms with E-state index < -0.39 is 9.05 Å². The van der Waals surface area contributed by atoms with Crippen molar-refractivity contribution < 1.29 is 12.8 Å². The molecule has 1 aromatic carbocycles. The van der Waals surface area contributed by atoms with Crippen LogP contribution < -0.4 is 0 Å². The first-order chi connectivity index (χ1) is 7.07. The molecule has 0 aliphatic heterocycles. The second-order valence-corrected chi connectivity index (χ2v) is 5.29. The predicted octanol–water partition coefficient (Wildman–Crippen LogP) is 2.27. The average Bonchev–Trinajstić information content (AvgIpc) is 2.67. The fourth-order valence-corrected chi connectivity index (χ4v) is 1.66. The van der Waals surface area contributed by atoms with Gasteiger partial charge in [-0.05, 0) is 12.1 Å². The Hall–Kier alpha value is -1.33. The van der Waals surface area contributed by atoms with Gasteiger partial charge in [-0.2, -0.15) is 0 Å². The minimum atomic E-state index is -3.85. The van der Waals surface area contributed by atoms with E-state index in [9.17, 15) is 8.42 Å². The van der Waals surface area contributed by atoms with Crippen molar-refractivity contribution >= 4 is 19.7 Å². The van der Waals surface area contributed by atoms with Crippen LogP contribution in [0, 0.1) is 0 Å². The van der Waals surface area contributed by atoms with Crippen LogP contribution in [0.5, 0.6) is 0 Å². The first-order valence-corrected chi connectivity index (χ1v) is 6.34. The van der Waals surface area contributed by atoms with Gasteiger partial charge in [0, 0.05) is 16.2 Å². The van der Waals surface area contributed by atoms with E-state index in [0.717, 1.165) is 6.20 Å². The van der Waals surface area contributed by atoms with Crippen LogP contribution in [0.25, 0.3) is 11.5 Å². The van der Waals surface area contributed by atoms with Gasteiger partial charge in [-0.3, -0.25) is 0 Å². The summed E-state index contributed by atoms with van der Waals surface area (Å²) in [6.07, 6.45) is 1.09. The summed E-state index contributed by atoms with van der Waals surface area (Å²) in [6.45, 7) is 0. The summed E-state index contributed by atoms with van der Waals surface area (Å²) in [6, 6.07) is 8.96. The molecule has 0 unspecified atom stereocenters. The van der Waals surface area contributed by atoms with Crippen molar-refractivity contribution in [1.29, 1.82) is 0 Å². The number of benzene rings is 1. The van der Waals surface area contributed by atoms with Gasteiger partial charge in [0.2, 0.25) is 5.89 Å². The molecule has 2 aromatic rings. The van der Waals surface area contributed by atoms with Crippen molar-refractivity contribution in [3.8, 4) is 11.5 Å². The van der Waals surface area contributed by atoms with Crippen LogP contribution in [-0.2, 0) is 9.05 Å². The third kappa shape index (κ3) is 2.19. The van der Waals surface area contributed by atoms with E-state index in [1.165, 1.54) is 0 Å². The molecule has 4 nitrogen and oxygen atoms in total. The molecular weight excluding hydrogens is 238 g/mol. The van der Waals surface area contributed by atoms with E-state index in [1.807, 2.05) is 6.07 Å². The highest BCUT2D eigenvalue weighted by molar-refractivity contribution is 8.13. The van der Waals surface area contributed by atoms with Crippen LogP contribution in [0.3, 0.4) is 0 Å².